The van der Waals surface area contributed by atoms with Crippen LogP contribution in [0.25, 0.3) is 0 Å². The molecule has 1 amide bonds. The Morgan fingerprint density at radius 2 is 1.92 bits per heavy atom. The average Bonchev–Trinajstić information content (AvgIpc) is 3.08. The number of hydrogen-bond donors (Lipinski definition) is 0. The SMILES string of the molecule is Cn1ccnc1S(=O)(=O)C1CCN(C(=O)COc2ccc(Cl)cc2)CC1. The number of likely N-dealkylation sites (tertiary alicyclic amines) is 1. The van der Waals surface area contributed by atoms with Gasteiger partial charge in [0.25, 0.3) is 5.91 Å². The number of benzene rings is 1. The van der Waals surface area contributed by atoms with Gasteiger partial charge in [0.2, 0.25) is 15.0 Å². The van der Waals surface area contributed by atoms with Crippen LogP contribution < -0.4 is 4.74 Å². The molecule has 0 saturated carbocycles. The molecule has 1 fully saturated rings. The molecule has 2 heterocycles. The van der Waals surface area contributed by atoms with E-state index in [0.29, 0.717) is 36.7 Å². The number of halogens is 1. The summed E-state index contributed by atoms with van der Waals surface area (Å²) in [6.45, 7) is 0.687. The number of nitrogens with zero attached hydrogens (tertiary/aromatic N) is 3. The summed E-state index contributed by atoms with van der Waals surface area (Å²) in [5.74, 6) is 0.405. The van der Waals surface area contributed by atoms with Crippen molar-refractivity contribution in [1.29, 1.82) is 0 Å². The molecule has 0 bridgehead atoms. The molecule has 7 nitrogen and oxygen atoms in total. The minimum absolute atomic E-state index is 0.0772. The fourth-order valence-electron chi connectivity index (χ4n) is 2.96. The number of amides is 1. The van der Waals surface area contributed by atoms with Crippen molar-refractivity contribution in [2.24, 2.45) is 7.05 Å². The Hall–Kier alpha value is -2.06. The summed E-state index contributed by atoms with van der Waals surface area (Å²) in [5.41, 5.74) is 0. The van der Waals surface area contributed by atoms with Crippen LogP contribution in [-0.2, 0) is 21.7 Å². The number of hydrogen-bond acceptors (Lipinski definition) is 5. The second-order valence-electron chi connectivity index (χ2n) is 6.19. The minimum atomic E-state index is -3.49. The Morgan fingerprint density at radius 3 is 2.50 bits per heavy atom. The van der Waals surface area contributed by atoms with E-state index in [4.69, 9.17) is 16.3 Å². The lowest BCUT2D eigenvalue weighted by Crippen LogP contribution is -2.44. The van der Waals surface area contributed by atoms with Crippen LogP contribution in [0.3, 0.4) is 0 Å². The van der Waals surface area contributed by atoms with Gasteiger partial charge in [-0.2, -0.15) is 0 Å². The third-order valence-corrected chi connectivity index (χ3v) is 6.94. The van der Waals surface area contributed by atoms with Crippen LogP contribution in [0, 0.1) is 0 Å². The smallest absolute Gasteiger partial charge is 0.260 e. The molecule has 1 aromatic heterocycles. The van der Waals surface area contributed by atoms with E-state index < -0.39 is 15.1 Å². The zero-order valence-electron chi connectivity index (χ0n) is 14.3. The molecule has 0 N–H and O–H groups in total. The summed E-state index contributed by atoms with van der Waals surface area (Å²) in [4.78, 5) is 17.9. The van der Waals surface area contributed by atoms with Crippen LogP contribution in [0.15, 0.2) is 41.8 Å². The number of aryl methyl sites for hydroxylation is 1. The molecular weight excluding hydrogens is 378 g/mol. The van der Waals surface area contributed by atoms with Gasteiger partial charge in [-0.05, 0) is 37.1 Å². The third kappa shape index (κ3) is 4.02. The first-order valence-corrected chi connectivity index (χ1v) is 10.2. The highest BCUT2D eigenvalue weighted by atomic mass is 35.5. The van der Waals surface area contributed by atoms with Gasteiger partial charge in [0.1, 0.15) is 5.75 Å². The van der Waals surface area contributed by atoms with Crippen molar-refractivity contribution >= 4 is 27.3 Å². The predicted molar refractivity (Wildman–Crippen MR) is 96.9 cm³/mol. The Kier molecular flexibility index (Phi) is 5.52. The molecular formula is C17H20ClN3O4S. The molecule has 0 unspecified atom stereocenters. The van der Waals surface area contributed by atoms with Crippen molar-refractivity contribution in [3.8, 4) is 5.75 Å². The number of ether oxygens (including phenoxy) is 1. The van der Waals surface area contributed by atoms with E-state index in [9.17, 15) is 13.2 Å². The maximum atomic E-state index is 12.7. The number of aromatic nitrogens is 2. The second-order valence-corrected chi connectivity index (χ2v) is 8.75. The predicted octanol–water partition coefficient (Wildman–Crippen LogP) is 1.92. The van der Waals surface area contributed by atoms with E-state index in [0.717, 1.165) is 0 Å². The Bertz CT molecular complexity index is 872. The molecule has 140 valence electrons. The Morgan fingerprint density at radius 1 is 1.27 bits per heavy atom. The van der Waals surface area contributed by atoms with Crippen LogP contribution in [0.5, 0.6) is 5.75 Å². The summed E-state index contributed by atoms with van der Waals surface area (Å²) in [6, 6.07) is 6.77. The van der Waals surface area contributed by atoms with Gasteiger partial charge in [-0.25, -0.2) is 13.4 Å². The summed E-state index contributed by atoms with van der Waals surface area (Å²) in [7, 11) is -1.83. The number of imidazole rings is 1. The number of carbonyl (C=O) groups is 1. The normalized spacial score (nSPS) is 15.8. The third-order valence-electron chi connectivity index (χ3n) is 4.44. The maximum absolute atomic E-state index is 12.7. The quantitative estimate of drug-likeness (QED) is 0.769. The molecule has 0 spiro atoms. The van der Waals surface area contributed by atoms with Crippen molar-refractivity contribution in [2.75, 3.05) is 19.7 Å². The Balaban J connectivity index is 1.54. The van der Waals surface area contributed by atoms with Crippen LogP contribution in [0.4, 0.5) is 0 Å². The van der Waals surface area contributed by atoms with Gasteiger partial charge in [0, 0.05) is 37.6 Å². The lowest BCUT2D eigenvalue weighted by Gasteiger charge is -2.31. The summed E-state index contributed by atoms with van der Waals surface area (Å²) >= 11 is 5.81. The molecule has 26 heavy (non-hydrogen) atoms. The fourth-order valence-corrected chi connectivity index (χ4v) is 4.88. The highest BCUT2D eigenvalue weighted by Crippen LogP contribution is 2.23. The van der Waals surface area contributed by atoms with Crippen LogP contribution >= 0.6 is 11.6 Å². The lowest BCUT2D eigenvalue weighted by atomic mass is 10.1. The van der Waals surface area contributed by atoms with Gasteiger partial charge in [0.05, 0.1) is 5.25 Å². The monoisotopic (exact) mass is 397 g/mol. The van der Waals surface area contributed by atoms with Gasteiger partial charge in [-0.15, -0.1) is 0 Å². The van der Waals surface area contributed by atoms with Gasteiger partial charge in [-0.3, -0.25) is 4.79 Å². The van der Waals surface area contributed by atoms with Crippen molar-refractivity contribution in [3.05, 3.63) is 41.7 Å². The first kappa shape index (κ1) is 18.7. The van der Waals surface area contributed by atoms with Crippen molar-refractivity contribution in [2.45, 2.75) is 23.2 Å². The van der Waals surface area contributed by atoms with E-state index in [1.807, 2.05) is 0 Å². The molecule has 0 radical (unpaired) electrons. The van der Waals surface area contributed by atoms with Gasteiger partial charge in [0.15, 0.2) is 6.61 Å². The van der Waals surface area contributed by atoms with E-state index in [1.165, 1.54) is 10.8 Å². The zero-order valence-corrected chi connectivity index (χ0v) is 15.9. The molecule has 1 aliphatic rings. The number of piperidine rings is 1. The van der Waals surface area contributed by atoms with Crippen molar-refractivity contribution < 1.29 is 17.9 Å². The number of sulfone groups is 1. The van der Waals surface area contributed by atoms with E-state index in [2.05, 4.69) is 4.98 Å². The zero-order chi connectivity index (χ0) is 18.7. The van der Waals surface area contributed by atoms with Crippen molar-refractivity contribution in [3.63, 3.8) is 0 Å². The van der Waals surface area contributed by atoms with Crippen LogP contribution in [0.2, 0.25) is 5.02 Å². The van der Waals surface area contributed by atoms with E-state index in [-0.39, 0.29) is 17.7 Å². The van der Waals surface area contributed by atoms with Gasteiger partial charge in [-0.1, -0.05) is 11.6 Å². The van der Waals surface area contributed by atoms with E-state index in [1.54, 1.807) is 42.4 Å². The summed E-state index contributed by atoms with van der Waals surface area (Å²) in [5, 5.41) is 0.151. The molecule has 1 saturated heterocycles. The largest absolute Gasteiger partial charge is 0.484 e. The molecule has 1 aromatic carbocycles. The van der Waals surface area contributed by atoms with Crippen LogP contribution in [-0.4, -0.2) is 53.7 Å². The topological polar surface area (TPSA) is 81.5 Å². The van der Waals surface area contributed by atoms with E-state index >= 15 is 0 Å². The molecule has 0 aliphatic carbocycles. The molecule has 3 rings (SSSR count). The molecule has 1 aliphatic heterocycles. The standard InChI is InChI=1S/C17H20ClN3O4S/c1-20-11-8-19-17(20)26(23,24)15-6-9-21(10-7-15)16(22)12-25-14-4-2-13(18)3-5-14/h2-5,8,11,15H,6-7,9-10,12H2,1H3. The molecule has 0 atom stereocenters. The average molecular weight is 398 g/mol. The Labute approximate surface area is 157 Å². The second kappa shape index (κ2) is 7.67. The fraction of sp³-hybridized carbons (Fsp3) is 0.412. The highest BCUT2D eigenvalue weighted by Gasteiger charge is 2.34. The minimum Gasteiger partial charge on any atom is -0.484 e. The van der Waals surface area contributed by atoms with Crippen LogP contribution in [0.1, 0.15) is 12.8 Å². The first-order valence-electron chi connectivity index (χ1n) is 8.25. The molecule has 2 aromatic rings. The molecule has 9 heteroatoms. The highest BCUT2D eigenvalue weighted by molar-refractivity contribution is 7.91. The summed E-state index contributed by atoms with van der Waals surface area (Å²) < 4.78 is 32.3. The van der Waals surface area contributed by atoms with Gasteiger partial charge < -0.3 is 14.2 Å². The maximum Gasteiger partial charge on any atom is 0.260 e. The summed E-state index contributed by atoms with van der Waals surface area (Å²) in [6.07, 6.45) is 3.86. The first-order chi connectivity index (χ1) is 12.4. The van der Waals surface area contributed by atoms with Gasteiger partial charge >= 0.3 is 0 Å². The number of carbonyl (C=O) groups excluding carboxylic acids is 1. The van der Waals surface area contributed by atoms with Crippen molar-refractivity contribution in [1.82, 2.24) is 14.5 Å². The number of rotatable bonds is 5. The lowest BCUT2D eigenvalue weighted by molar-refractivity contribution is -0.134.